The third-order valence-electron chi connectivity index (χ3n) is 7.00. The van der Waals surface area contributed by atoms with Gasteiger partial charge in [-0.3, -0.25) is 0 Å². The normalized spacial score (nSPS) is 23.6. The molecule has 0 fully saturated rings. The second-order valence-electron chi connectivity index (χ2n) is 9.13. The summed E-state index contributed by atoms with van der Waals surface area (Å²) in [6, 6.07) is 9.03. The lowest BCUT2D eigenvalue weighted by Crippen LogP contribution is -2.61. The Hall–Kier alpha value is -2.88. The number of carbonyl (C=O) groups excluding carboxylic acids is 2. The van der Waals surface area contributed by atoms with Crippen molar-refractivity contribution in [3.63, 3.8) is 0 Å². The van der Waals surface area contributed by atoms with Crippen molar-refractivity contribution in [2.24, 2.45) is 5.41 Å². The van der Waals surface area contributed by atoms with Crippen molar-refractivity contribution in [1.82, 2.24) is 10.2 Å². The molecule has 3 atom stereocenters. The summed E-state index contributed by atoms with van der Waals surface area (Å²) in [5.41, 5.74) is 0.796. The van der Waals surface area contributed by atoms with Crippen LogP contribution in [0.15, 0.2) is 47.0 Å². The van der Waals surface area contributed by atoms with Crippen molar-refractivity contribution in [2.45, 2.75) is 52.3 Å². The minimum atomic E-state index is -1.45. The maximum Gasteiger partial charge on any atom is 0.336 e. The van der Waals surface area contributed by atoms with Gasteiger partial charge in [0.15, 0.2) is 5.75 Å². The lowest BCUT2D eigenvalue weighted by atomic mass is 9.60. The lowest BCUT2D eigenvalue weighted by Gasteiger charge is -2.51. The molecule has 3 unspecified atom stereocenters. The molecular weight excluding hydrogens is 468 g/mol. The van der Waals surface area contributed by atoms with Crippen molar-refractivity contribution >= 4 is 23.3 Å². The van der Waals surface area contributed by atoms with Gasteiger partial charge in [0, 0.05) is 45.6 Å². The molecule has 4 rings (SSSR count). The summed E-state index contributed by atoms with van der Waals surface area (Å²) in [5, 5.41) is 18.4. The van der Waals surface area contributed by atoms with Crippen molar-refractivity contribution in [3.8, 4) is 5.75 Å². The topological polar surface area (TPSA) is 100 Å². The minimum absolute atomic E-state index is 0.173. The number of thiophene rings is 1. The molecule has 2 aliphatic rings. The first-order chi connectivity index (χ1) is 16.8. The predicted molar refractivity (Wildman–Crippen MR) is 129 cm³/mol. The molecule has 0 radical (unpaired) electrons. The first kappa shape index (κ1) is 25.2. The number of para-hydroxylation sites is 1. The van der Waals surface area contributed by atoms with E-state index in [4.69, 9.17) is 14.5 Å². The zero-order valence-electron chi connectivity index (χ0n) is 20.5. The van der Waals surface area contributed by atoms with Gasteiger partial charge in [-0.1, -0.05) is 24.3 Å². The number of nitrogens with one attached hydrogen (secondary N) is 1. The summed E-state index contributed by atoms with van der Waals surface area (Å²) in [6.45, 7) is 6.94. The number of esters is 1. The first-order valence-corrected chi connectivity index (χ1v) is 12.7. The molecule has 0 saturated carbocycles. The summed E-state index contributed by atoms with van der Waals surface area (Å²) in [7, 11) is 1.96. The quantitative estimate of drug-likeness (QED) is 0.415. The van der Waals surface area contributed by atoms with Gasteiger partial charge in [0.05, 0.1) is 18.1 Å². The van der Waals surface area contributed by atoms with Gasteiger partial charge in [-0.25, -0.2) is 4.79 Å². The summed E-state index contributed by atoms with van der Waals surface area (Å²) in [4.78, 5) is 40.3. The Morgan fingerprint density at radius 2 is 2.11 bits per heavy atom. The van der Waals surface area contributed by atoms with Gasteiger partial charge in [-0.05, 0) is 52.2 Å². The van der Waals surface area contributed by atoms with E-state index in [0.29, 0.717) is 30.1 Å². The number of rotatable bonds is 9. The van der Waals surface area contributed by atoms with Gasteiger partial charge >= 0.3 is 5.97 Å². The molecule has 0 amide bonds. The minimum Gasteiger partial charge on any atom is -0.549 e. The number of carboxylic acid groups (broad SMARTS) is 1. The van der Waals surface area contributed by atoms with E-state index in [1.165, 1.54) is 4.88 Å². The SMILES string of the molecule is CCOC(=O)C1=C(C)NC(C)C(CCN(C)Cc2cccs2)(C(=O)[O-])C1c1cccc2c1OOC2. The molecule has 1 N–H and O–H groups in total. The van der Waals surface area contributed by atoms with Crippen LogP contribution in [0.2, 0.25) is 0 Å². The predicted octanol–water partition coefficient (Wildman–Crippen LogP) is 2.74. The highest BCUT2D eigenvalue weighted by atomic mass is 32.1. The van der Waals surface area contributed by atoms with Crippen LogP contribution < -0.4 is 15.3 Å². The van der Waals surface area contributed by atoms with E-state index in [9.17, 15) is 14.7 Å². The number of carbonyl (C=O) groups is 2. The smallest absolute Gasteiger partial charge is 0.336 e. The van der Waals surface area contributed by atoms with Crippen molar-refractivity contribution in [2.75, 3.05) is 20.2 Å². The number of benzene rings is 1. The van der Waals surface area contributed by atoms with Crippen LogP contribution in [0.1, 0.15) is 49.1 Å². The molecule has 188 valence electrons. The second-order valence-corrected chi connectivity index (χ2v) is 10.2. The number of allylic oxidation sites excluding steroid dienone is 1. The average Bonchev–Trinajstić information content (AvgIpc) is 3.50. The van der Waals surface area contributed by atoms with Gasteiger partial charge < -0.3 is 29.7 Å². The van der Waals surface area contributed by atoms with Crippen molar-refractivity contribution in [3.05, 3.63) is 63.0 Å². The molecular formula is C26H31N2O6S-. The molecule has 0 saturated heterocycles. The molecule has 0 bridgehead atoms. The molecule has 3 heterocycles. The first-order valence-electron chi connectivity index (χ1n) is 11.8. The van der Waals surface area contributed by atoms with E-state index in [1.54, 1.807) is 31.3 Å². The Bertz CT molecular complexity index is 1120. The summed E-state index contributed by atoms with van der Waals surface area (Å²) >= 11 is 1.66. The van der Waals surface area contributed by atoms with E-state index >= 15 is 0 Å². The van der Waals surface area contributed by atoms with Crippen LogP contribution in [0.4, 0.5) is 0 Å². The van der Waals surface area contributed by atoms with Gasteiger partial charge in [-0.2, -0.15) is 4.89 Å². The summed E-state index contributed by atoms with van der Waals surface area (Å²) in [6.07, 6.45) is 0.247. The monoisotopic (exact) mass is 499 g/mol. The molecule has 9 heteroatoms. The van der Waals surface area contributed by atoms with E-state index < -0.39 is 29.3 Å². The third-order valence-corrected chi connectivity index (χ3v) is 7.86. The molecule has 1 aromatic heterocycles. The van der Waals surface area contributed by atoms with Crippen LogP contribution in [0.3, 0.4) is 0 Å². The number of nitrogens with zero attached hydrogens (tertiary/aromatic N) is 1. The van der Waals surface area contributed by atoms with E-state index in [-0.39, 0.29) is 25.2 Å². The third kappa shape index (κ3) is 4.68. The van der Waals surface area contributed by atoms with Crippen LogP contribution in [0.25, 0.3) is 0 Å². The zero-order chi connectivity index (χ0) is 25.2. The molecule has 2 aliphatic heterocycles. The second kappa shape index (κ2) is 10.4. The molecule has 1 aromatic carbocycles. The number of fused-ring (bicyclic) bond motifs is 1. The number of aliphatic carboxylic acids is 1. The molecule has 0 aliphatic carbocycles. The number of hydrogen-bond acceptors (Lipinski definition) is 9. The van der Waals surface area contributed by atoms with E-state index in [1.807, 2.05) is 37.6 Å². The Balaban J connectivity index is 1.81. The van der Waals surface area contributed by atoms with Crippen LogP contribution in [-0.4, -0.2) is 43.1 Å². The maximum absolute atomic E-state index is 13.2. The highest BCUT2D eigenvalue weighted by molar-refractivity contribution is 7.09. The molecule has 35 heavy (non-hydrogen) atoms. The average molecular weight is 500 g/mol. The fraction of sp³-hybridized carbons (Fsp3) is 0.462. The highest BCUT2D eigenvalue weighted by Crippen LogP contribution is 2.53. The number of carboxylic acids is 1. The van der Waals surface area contributed by atoms with Crippen LogP contribution in [-0.2, 0) is 32.4 Å². The van der Waals surface area contributed by atoms with Crippen molar-refractivity contribution in [1.29, 1.82) is 0 Å². The Labute approximate surface area is 209 Å². The van der Waals surface area contributed by atoms with Gasteiger partial charge in [0.2, 0.25) is 0 Å². The Morgan fingerprint density at radius 1 is 1.31 bits per heavy atom. The fourth-order valence-electron chi connectivity index (χ4n) is 5.25. The molecule has 2 aromatic rings. The summed E-state index contributed by atoms with van der Waals surface area (Å²) < 4.78 is 5.40. The number of ether oxygens (including phenoxy) is 1. The van der Waals surface area contributed by atoms with Gasteiger partial charge in [-0.15, -0.1) is 11.3 Å². The largest absolute Gasteiger partial charge is 0.549 e. The highest BCUT2D eigenvalue weighted by Gasteiger charge is 2.53. The van der Waals surface area contributed by atoms with Crippen molar-refractivity contribution < 1.29 is 29.2 Å². The van der Waals surface area contributed by atoms with E-state index in [0.717, 1.165) is 5.56 Å². The summed E-state index contributed by atoms with van der Waals surface area (Å²) in [5.74, 6) is -2.17. The van der Waals surface area contributed by atoms with Gasteiger partial charge in [0.1, 0.15) is 6.61 Å². The van der Waals surface area contributed by atoms with E-state index in [2.05, 4.69) is 16.3 Å². The fourth-order valence-corrected chi connectivity index (χ4v) is 6.03. The standard InChI is InChI=1S/C26H32N2O6S/c1-5-32-24(29)21-16(2)27-17(3)26(25(30)31,11-12-28(4)14-19-9-7-13-35-19)22(21)20-10-6-8-18-15-33-34-23(18)20/h6-10,13,17,22,27H,5,11-12,14-15H2,1-4H3,(H,30,31)/p-1. The maximum atomic E-state index is 13.2. The van der Waals surface area contributed by atoms with Crippen LogP contribution in [0.5, 0.6) is 5.75 Å². The molecule has 0 spiro atoms. The zero-order valence-corrected chi connectivity index (χ0v) is 21.3. The Morgan fingerprint density at radius 3 is 2.80 bits per heavy atom. The lowest BCUT2D eigenvalue weighted by molar-refractivity contribution is -0.322. The molecule has 8 nitrogen and oxygen atoms in total. The Kier molecular flexibility index (Phi) is 7.49. The van der Waals surface area contributed by atoms with Crippen LogP contribution in [0, 0.1) is 5.41 Å². The van der Waals surface area contributed by atoms with Crippen LogP contribution >= 0.6 is 11.3 Å². The van der Waals surface area contributed by atoms with Gasteiger partial charge in [0.25, 0.3) is 0 Å². The number of hydrogen-bond donors (Lipinski definition) is 1.